The number of hydrogen-bond donors (Lipinski definition) is 1. The van der Waals surface area contributed by atoms with Crippen LogP contribution in [0.25, 0.3) is 0 Å². The van der Waals surface area contributed by atoms with E-state index in [-0.39, 0.29) is 5.91 Å². The number of nitrogens with zero attached hydrogens (tertiary/aromatic N) is 1. The van der Waals surface area contributed by atoms with Crippen molar-refractivity contribution >= 4 is 29.0 Å². The molecule has 1 saturated carbocycles. The van der Waals surface area contributed by atoms with Gasteiger partial charge in [-0.05, 0) is 25.0 Å². The van der Waals surface area contributed by atoms with E-state index in [1.54, 1.807) is 23.1 Å². The van der Waals surface area contributed by atoms with Crippen LogP contribution in [0.1, 0.15) is 61.0 Å². The molecule has 1 aliphatic rings. The van der Waals surface area contributed by atoms with Crippen LogP contribution in [-0.2, 0) is 5.75 Å². The molecule has 0 atom stereocenters. The molecule has 3 rings (SSSR count). The third-order valence-electron chi connectivity index (χ3n) is 4.43. The Hall–Kier alpha value is -1.33. The Kier molecular flexibility index (Phi) is 6.73. The van der Waals surface area contributed by atoms with Crippen LogP contribution >= 0.6 is 23.1 Å². The topological polar surface area (TPSA) is 42.0 Å². The van der Waals surface area contributed by atoms with Crippen molar-refractivity contribution in [2.45, 2.75) is 61.6 Å². The van der Waals surface area contributed by atoms with Gasteiger partial charge in [0.1, 0.15) is 0 Å². The second kappa shape index (κ2) is 9.23. The van der Waals surface area contributed by atoms with Gasteiger partial charge in [-0.3, -0.25) is 4.79 Å². The molecule has 0 aliphatic heterocycles. The lowest BCUT2D eigenvalue weighted by Gasteiger charge is -2.21. The fraction of sp³-hybridized carbons (Fsp3) is 0.474. The number of benzene rings is 1. The van der Waals surface area contributed by atoms with Gasteiger partial charge in [0.05, 0.1) is 16.8 Å². The van der Waals surface area contributed by atoms with E-state index in [1.165, 1.54) is 32.1 Å². The van der Waals surface area contributed by atoms with Gasteiger partial charge in [-0.25, -0.2) is 4.98 Å². The fourth-order valence-corrected chi connectivity index (χ4v) is 4.72. The molecule has 2 aromatic rings. The van der Waals surface area contributed by atoms with Gasteiger partial charge in [-0.15, -0.1) is 23.1 Å². The van der Waals surface area contributed by atoms with Crippen LogP contribution in [0, 0.1) is 0 Å². The van der Waals surface area contributed by atoms with Crippen molar-refractivity contribution in [1.29, 1.82) is 0 Å². The average Bonchev–Trinajstić information content (AvgIpc) is 3.09. The molecule has 24 heavy (non-hydrogen) atoms. The first kappa shape index (κ1) is 17.5. The van der Waals surface area contributed by atoms with Gasteiger partial charge in [-0.1, -0.05) is 44.2 Å². The maximum absolute atomic E-state index is 12.8. The van der Waals surface area contributed by atoms with Gasteiger partial charge < -0.3 is 5.32 Å². The third-order valence-corrected chi connectivity index (χ3v) is 6.17. The van der Waals surface area contributed by atoms with Crippen LogP contribution in [0.4, 0.5) is 0 Å². The zero-order chi connectivity index (χ0) is 16.6. The molecule has 3 nitrogen and oxygen atoms in total. The highest BCUT2D eigenvalue weighted by Crippen LogP contribution is 2.27. The second-order valence-electron chi connectivity index (χ2n) is 6.28. The van der Waals surface area contributed by atoms with Crippen molar-refractivity contribution < 1.29 is 4.79 Å². The molecule has 1 fully saturated rings. The van der Waals surface area contributed by atoms with Crippen molar-refractivity contribution in [3.8, 4) is 0 Å². The molecule has 0 radical (unpaired) electrons. The number of carbonyl (C=O) groups is 1. The second-order valence-corrected chi connectivity index (χ2v) is 8.02. The monoisotopic (exact) mass is 360 g/mol. The van der Waals surface area contributed by atoms with Crippen LogP contribution in [0.2, 0.25) is 0 Å². The van der Waals surface area contributed by atoms with E-state index in [4.69, 9.17) is 0 Å². The van der Waals surface area contributed by atoms with E-state index >= 15 is 0 Å². The maximum atomic E-state index is 12.8. The van der Waals surface area contributed by atoms with Crippen molar-refractivity contribution in [2.24, 2.45) is 0 Å². The zero-order valence-corrected chi connectivity index (χ0v) is 15.5. The summed E-state index contributed by atoms with van der Waals surface area (Å²) in [5.41, 5.74) is 3.71. The minimum Gasteiger partial charge on any atom is -0.349 e. The first-order chi connectivity index (χ1) is 11.8. The molecule has 1 heterocycles. The molecule has 0 unspecified atom stereocenters. The van der Waals surface area contributed by atoms with E-state index in [9.17, 15) is 4.79 Å². The third kappa shape index (κ3) is 5.08. The summed E-state index contributed by atoms with van der Waals surface area (Å²) in [6, 6.07) is 8.23. The van der Waals surface area contributed by atoms with Gasteiger partial charge in [0.15, 0.2) is 0 Å². The molecular formula is C19H24N2OS2. The number of aromatic nitrogens is 1. The van der Waals surface area contributed by atoms with Gasteiger partial charge in [0, 0.05) is 22.1 Å². The minimum atomic E-state index is 0.0713. The predicted octanol–water partition coefficient (Wildman–Crippen LogP) is 5.28. The Morgan fingerprint density at radius 3 is 2.67 bits per heavy atom. The summed E-state index contributed by atoms with van der Waals surface area (Å²) in [5.74, 6) is 0.874. The Bertz CT molecular complexity index is 635. The number of nitrogens with one attached hydrogen (secondary N) is 1. The summed E-state index contributed by atoms with van der Waals surface area (Å²) in [6.07, 6.45) is 8.62. The molecular weight excluding hydrogens is 336 g/mol. The summed E-state index contributed by atoms with van der Waals surface area (Å²) >= 11 is 3.29. The highest BCUT2D eigenvalue weighted by molar-refractivity contribution is 7.98. The van der Waals surface area contributed by atoms with Crippen molar-refractivity contribution in [3.63, 3.8) is 0 Å². The van der Waals surface area contributed by atoms with E-state index in [1.807, 2.05) is 29.8 Å². The molecule has 0 saturated heterocycles. The van der Waals surface area contributed by atoms with Crippen molar-refractivity contribution in [1.82, 2.24) is 10.3 Å². The number of amides is 1. The first-order valence-corrected chi connectivity index (χ1v) is 10.7. The lowest BCUT2D eigenvalue weighted by molar-refractivity contribution is 0.0927. The molecule has 1 aliphatic carbocycles. The molecule has 1 aromatic carbocycles. The Labute approximate surface area is 152 Å². The van der Waals surface area contributed by atoms with E-state index in [0.717, 1.165) is 34.7 Å². The molecule has 1 amide bonds. The summed E-state index contributed by atoms with van der Waals surface area (Å²) in [7, 11) is 0. The van der Waals surface area contributed by atoms with Crippen LogP contribution < -0.4 is 5.32 Å². The highest BCUT2D eigenvalue weighted by atomic mass is 32.2. The van der Waals surface area contributed by atoms with Gasteiger partial charge in [-0.2, -0.15) is 0 Å². The largest absolute Gasteiger partial charge is 0.349 e. The lowest BCUT2D eigenvalue weighted by Crippen LogP contribution is -2.35. The first-order valence-electron chi connectivity index (χ1n) is 8.72. The van der Waals surface area contributed by atoms with Crippen molar-refractivity contribution in [3.05, 3.63) is 46.4 Å². The van der Waals surface area contributed by atoms with Crippen LogP contribution in [0.5, 0.6) is 0 Å². The van der Waals surface area contributed by atoms with Crippen LogP contribution in [0.15, 0.2) is 40.1 Å². The van der Waals surface area contributed by atoms with E-state index in [2.05, 4.69) is 15.7 Å². The van der Waals surface area contributed by atoms with Gasteiger partial charge in [0.2, 0.25) is 0 Å². The number of hydrogen-bond acceptors (Lipinski definition) is 4. The summed E-state index contributed by atoms with van der Waals surface area (Å²) < 4.78 is 0. The average molecular weight is 361 g/mol. The van der Waals surface area contributed by atoms with E-state index in [0.29, 0.717) is 6.04 Å². The van der Waals surface area contributed by atoms with Gasteiger partial charge >= 0.3 is 0 Å². The molecule has 0 bridgehead atoms. The number of thiazole rings is 1. The Morgan fingerprint density at radius 2 is 1.92 bits per heavy atom. The van der Waals surface area contributed by atoms with Crippen molar-refractivity contribution in [2.75, 3.05) is 0 Å². The smallest absolute Gasteiger partial charge is 0.252 e. The highest BCUT2D eigenvalue weighted by Gasteiger charge is 2.17. The standard InChI is InChI=1S/C19H24N2OS2/c22-19(21-15-8-4-2-1-3-5-9-15)17-10-6-7-11-18(17)24-13-16-12-23-14-20-16/h6-7,10-12,14-15H,1-5,8-9,13H2,(H,21,22). The molecule has 0 spiro atoms. The number of rotatable bonds is 5. The Morgan fingerprint density at radius 1 is 1.17 bits per heavy atom. The molecule has 1 aromatic heterocycles. The SMILES string of the molecule is O=C(NC1CCCCCCC1)c1ccccc1SCc1cscn1. The lowest BCUT2D eigenvalue weighted by atomic mass is 9.96. The Balaban J connectivity index is 1.63. The fourth-order valence-electron chi connectivity index (χ4n) is 3.10. The molecule has 5 heteroatoms. The summed E-state index contributed by atoms with van der Waals surface area (Å²) in [4.78, 5) is 18.1. The summed E-state index contributed by atoms with van der Waals surface area (Å²) in [5, 5.41) is 5.33. The van der Waals surface area contributed by atoms with Gasteiger partial charge in [0.25, 0.3) is 5.91 Å². The zero-order valence-electron chi connectivity index (χ0n) is 13.9. The van der Waals surface area contributed by atoms with Crippen LogP contribution in [0.3, 0.4) is 0 Å². The predicted molar refractivity (Wildman–Crippen MR) is 102 cm³/mol. The maximum Gasteiger partial charge on any atom is 0.252 e. The number of thioether (sulfide) groups is 1. The minimum absolute atomic E-state index is 0.0713. The normalized spacial score (nSPS) is 16.3. The number of carbonyl (C=O) groups excluding carboxylic acids is 1. The molecule has 1 N–H and O–H groups in total. The quantitative estimate of drug-likeness (QED) is 0.738. The van der Waals surface area contributed by atoms with Crippen LogP contribution in [-0.4, -0.2) is 16.9 Å². The summed E-state index contributed by atoms with van der Waals surface area (Å²) in [6.45, 7) is 0. The molecule has 128 valence electrons. The van der Waals surface area contributed by atoms with E-state index < -0.39 is 0 Å².